The number of rotatable bonds is 4. The van der Waals surface area contributed by atoms with Crippen molar-refractivity contribution < 1.29 is 16.5 Å². The monoisotopic (exact) mass is 728 g/mol. The number of fused-ring (bicyclic) bond motifs is 8. The largest absolute Gasteiger partial charge is 0.354 e. The molecule has 0 aliphatic carbocycles. The second kappa shape index (κ2) is 13.8. The second-order valence-corrected chi connectivity index (χ2v) is 14.0. The van der Waals surface area contributed by atoms with Crippen LogP contribution in [0.2, 0.25) is 0 Å². The Labute approximate surface area is 320 Å². The molecule has 260 valence electrons. The Morgan fingerprint density at radius 2 is 0.509 bits per heavy atom. The molecule has 3 aromatic heterocycles. The summed E-state index contributed by atoms with van der Waals surface area (Å²) in [7, 11) is 0. The molecule has 4 nitrogen and oxygen atoms in total. The summed E-state index contributed by atoms with van der Waals surface area (Å²) in [5.41, 5.74) is 21.1. The van der Waals surface area contributed by atoms with Gasteiger partial charge in [-0.1, -0.05) is 119 Å². The molecular weight excluding hydrogens is 691 g/mol. The number of hydrogen-bond donors (Lipinski definition) is 2. The van der Waals surface area contributed by atoms with E-state index in [0.717, 1.165) is 89.4 Å². The van der Waals surface area contributed by atoms with Crippen molar-refractivity contribution in [2.45, 2.75) is 27.7 Å². The maximum atomic E-state index is 5.41. The molecule has 0 spiro atoms. The second-order valence-electron chi connectivity index (χ2n) is 14.0. The van der Waals surface area contributed by atoms with E-state index in [4.69, 9.17) is 9.97 Å². The summed E-state index contributed by atoms with van der Waals surface area (Å²) in [6, 6.07) is 43.6. The number of aromatic amines is 2. The fourth-order valence-electron chi connectivity index (χ4n) is 7.30. The Morgan fingerprint density at radius 3 is 0.717 bits per heavy atom. The molecule has 8 bridgehead atoms. The molecule has 0 saturated carbocycles. The number of benzene rings is 4. The van der Waals surface area contributed by atoms with E-state index in [1.54, 1.807) is 0 Å². The van der Waals surface area contributed by atoms with Crippen LogP contribution in [0, 0.1) is 27.7 Å². The van der Waals surface area contributed by atoms with Crippen molar-refractivity contribution in [3.05, 3.63) is 166 Å². The van der Waals surface area contributed by atoms with E-state index < -0.39 is 0 Å². The van der Waals surface area contributed by atoms with Crippen LogP contribution in [0.25, 0.3) is 90.9 Å². The molecule has 7 aromatic rings. The molecule has 0 atom stereocenters. The Balaban J connectivity index is 0.00000400. The van der Waals surface area contributed by atoms with Crippen molar-refractivity contribution in [3.63, 3.8) is 0 Å². The van der Waals surface area contributed by atoms with Gasteiger partial charge in [0.25, 0.3) is 0 Å². The van der Waals surface area contributed by atoms with Gasteiger partial charge in [-0.2, -0.15) is 0 Å². The van der Waals surface area contributed by atoms with E-state index in [2.05, 4.69) is 183 Å². The van der Waals surface area contributed by atoms with Crippen LogP contribution in [0.1, 0.15) is 45.0 Å². The van der Waals surface area contributed by atoms with Crippen LogP contribution in [0.3, 0.4) is 0 Å². The molecule has 4 aromatic carbocycles. The third kappa shape index (κ3) is 6.39. The molecule has 2 N–H and O–H groups in total. The van der Waals surface area contributed by atoms with Crippen LogP contribution in [0.15, 0.2) is 121 Å². The number of aryl methyl sites for hydroxylation is 4. The minimum atomic E-state index is 0. The van der Waals surface area contributed by atoms with Crippen LogP contribution in [0.4, 0.5) is 0 Å². The molecule has 2 aliphatic rings. The van der Waals surface area contributed by atoms with Gasteiger partial charge in [0.2, 0.25) is 0 Å². The molecule has 5 heterocycles. The number of hydrogen-bond acceptors (Lipinski definition) is 2. The van der Waals surface area contributed by atoms with Crippen molar-refractivity contribution >= 4 is 46.4 Å². The van der Waals surface area contributed by atoms with E-state index >= 15 is 0 Å². The van der Waals surface area contributed by atoms with Crippen molar-refractivity contribution in [2.24, 2.45) is 0 Å². The molecule has 0 radical (unpaired) electrons. The van der Waals surface area contributed by atoms with E-state index in [9.17, 15) is 0 Å². The van der Waals surface area contributed by atoms with Crippen LogP contribution in [-0.4, -0.2) is 19.9 Å². The molecule has 0 fully saturated rings. The minimum Gasteiger partial charge on any atom is -0.354 e. The maximum absolute atomic E-state index is 5.41. The predicted molar refractivity (Wildman–Crippen MR) is 220 cm³/mol. The average molecular weight is 730 g/mol. The van der Waals surface area contributed by atoms with E-state index in [1.165, 1.54) is 22.3 Å². The van der Waals surface area contributed by atoms with Gasteiger partial charge in [-0.05, 0) is 98.5 Å². The number of H-pyrrole nitrogens is 2. The third-order valence-electron chi connectivity index (χ3n) is 10.1. The van der Waals surface area contributed by atoms with Crippen LogP contribution in [0.5, 0.6) is 0 Å². The Bertz CT molecular complexity index is 2350. The first-order valence-corrected chi connectivity index (χ1v) is 17.8. The first-order chi connectivity index (χ1) is 25.4. The Morgan fingerprint density at radius 1 is 0.302 bits per heavy atom. The van der Waals surface area contributed by atoms with Crippen molar-refractivity contribution in [1.29, 1.82) is 0 Å². The van der Waals surface area contributed by atoms with Gasteiger partial charge in [-0.25, -0.2) is 9.97 Å². The topological polar surface area (TPSA) is 57.4 Å². The molecule has 53 heavy (non-hydrogen) atoms. The van der Waals surface area contributed by atoms with Gasteiger partial charge in [-0.15, -0.1) is 0 Å². The number of aromatic nitrogens is 4. The molecule has 9 rings (SSSR count). The van der Waals surface area contributed by atoms with Gasteiger partial charge < -0.3 is 9.97 Å². The summed E-state index contributed by atoms with van der Waals surface area (Å²) >= 11 is 0. The fourth-order valence-corrected chi connectivity index (χ4v) is 7.30. The summed E-state index contributed by atoms with van der Waals surface area (Å²) in [6.07, 6.45) is 8.61. The maximum Gasteiger partial charge on any atom is 0.0737 e. The first kappa shape index (κ1) is 34.1. The molecule has 2 aliphatic heterocycles. The molecular formula is C48H38N4Ni. The minimum absolute atomic E-state index is 0. The summed E-state index contributed by atoms with van der Waals surface area (Å²) in [4.78, 5) is 18.5. The predicted octanol–water partition coefficient (Wildman–Crippen LogP) is 12.6. The van der Waals surface area contributed by atoms with Gasteiger partial charge in [0.15, 0.2) is 0 Å². The van der Waals surface area contributed by atoms with Gasteiger partial charge in [0.05, 0.1) is 22.8 Å². The zero-order valence-electron chi connectivity index (χ0n) is 30.1. The van der Waals surface area contributed by atoms with Crippen molar-refractivity contribution in [2.75, 3.05) is 0 Å². The zero-order valence-corrected chi connectivity index (χ0v) is 31.1. The molecule has 0 unspecified atom stereocenters. The fraction of sp³-hybridized carbons (Fsp3) is 0.0833. The Kier molecular flexibility index (Phi) is 8.90. The normalized spacial score (nSPS) is 11.8. The van der Waals surface area contributed by atoms with Gasteiger partial charge in [-0.3, -0.25) is 0 Å². The van der Waals surface area contributed by atoms with Crippen LogP contribution < -0.4 is 0 Å². The molecule has 5 heteroatoms. The van der Waals surface area contributed by atoms with Crippen molar-refractivity contribution in [1.82, 2.24) is 19.9 Å². The van der Waals surface area contributed by atoms with Gasteiger partial charge in [0, 0.05) is 60.8 Å². The van der Waals surface area contributed by atoms with E-state index in [0.29, 0.717) is 0 Å². The standard InChI is InChI=1S/C48H38N4.Ni/c1-29-5-13-33(14-6-29)45-37-21-23-39(49-37)46(34-15-7-30(2)8-16-34)41-25-27-43(51-41)48(36-19-11-32(4)12-20-36)44-28-26-42(52-44)47(40-24-22-38(45)50-40)35-17-9-31(3)10-18-35;/h5-28,49,52H,1-4H3;. The Hall–Kier alpha value is -6.03. The smallest absolute Gasteiger partial charge is 0.0737 e. The van der Waals surface area contributed by atoms with E-state index in [-0.39, 0.29) is 16.5 Å². The van der Waals surface area contributed by atoms with Crippen LogP contribution in [-0.2, 0) is 16.5 Å². The molecule has 0 saturated heterocycles. The summed E-state index contributed by atoms with van der Waals surface area (Å²) in [5.74, 6) is 0. The molecule has 0 amide bonds. The van der Waals surface area contributed by atoms with Crippen molar-refractivity contribution in [3.8, 4) is 44.5 Å². The zero-order chi connectivity index (χ0) is 35.3. The summed E-state index contributed by atoms with van der Waals surface area (Å²) < 4.78 is 0. The SMILES string of the molecule is Cc1ccc(-c2c3nc(c(-c4ccc(C)cc4)c4ccc([nH]4)c(-c4ccc(C)cc4)c4nc(c(-c5ccc(C)cc5)c5ccc2[nH]5)C=C4)C=C3)cc1.[Ni]. The summed E-state index contributed by atoms with van der Waals surface area (Å²) in [5, 5.41) is 0. The number of nitrogens with zero attached hydrogens (tertiary/aromatic N) is 2. The summed E-state index contributed by atoms with van der Waals surface area (Å²) in [6.45, 7) is 8.49. The van der Waals surface area contributed by atoms with Gasteiger partial charge >= 0.3 is 0 Å². The van der Waals surface area contributed by atoms with Gasteiger partial charge in [0.1, 0.15) is 0 Å². The van der Waals surface area contributed by atoms with Crippen LogP contribution >= 0.6 is 0 Å². The van der Waals surface area contributed by atoms with E-state index in [1.807, 2.05) is 0 Å². The average Bonchev–Trinajstić information content (AvgIpc) is 3.99. The quantitative estimate of drug-likeness (QED) is 0.177. The first-order valence-electron chi connectivity index (χ1n) is 17.8. The number of nitrogens with one attached hydrogen (secondary N) is 2. The third-order valence-corrected chi connectivity index (χ3v) is 10.1.